The van der Waals surface area contributed by atoms with Gasteiger partial charge in [0.2, 0.25) is 0 Å². The summed E-state index contributed by atoms with van der Waals surface area (Å²) < 4.78 is 45.7. The fourth-order valence-electron chi connectivity index (χ4n) is 3.70. The van der Waals surface area contributed by atoms with Crippen molar-refractivity contribution < 1.29 is 17.6 Å². The summed E-state index contributed by atoms with van der Waals surface area (Å²) in [5.41, 5.74) is 4.14. The maximum Gasteiger partial charge on any atom is 0.470 e. The predicted octanol–water partition coefficient (Wildman–Crippen LogP) is 3.36. The zero-order valence-corrected chi connectivity index (χ0v) is 17.6. The Kier molecular flexibility index (Phi) is 4.56. The molecule has 8 nitrogen and oxygen atoms in total. The van der Waals surface area contributed by atoms with Gasteiger partial charge in [-0.3, -0.25) is 0 Å². The second-order valence-electron chi connectivity index (χ2n) is 6.89. The molecule has 0 saturated carbocycles. The Morgan fingerprint density at radius 1 is 1.27 bits per heavy atom. The van der Waals surface area contributed by atoms with E-state index in [-0.39, 0.29) is 11.4 Å². The van der Waals surface area contributed by atoms with E-state index in [1.807, 2.05) is 24.4 Å². The molecule has 30 heavy (non-hydrogen) atoms. The highest BCUT2D eigenvalue weighted by Gasteiger charge is 2.41. The van der Waals surface area contributed by atoms with Gasteiger partial charge >= 0.3 is 18.1 Å². The fraction of sp³-hybridized carbons (Fsp3) is 0.294. The third-order valence-corrected chi connectivity index (χ3v) is 5.74. The van der Waals surface area contributed by atoms with E-state index in [2.05, 4.69) is 43.7 Å². The molecule has 2 unspecified atom stereocenters. The van der Waals surface area contributed by atoms with Crippen molar-refractivity contribution in [3.8, 4) is 0 Å². The van der Waals surface area contributed by atoms with Crippen LogP contribution in [0.3, 0.4) is 0 Å². The number of nitrogens with zero attached hydrogens (tertiary/aromatic N) is 6. The number of rotatable bonds is 3. The van der Waals surface area contributed by atoms with Crippen LogP contribution in [0, 0.1) is 0 Å². The van der Waals surface area contributed by atoms with Gasteiger partial charge in [-0.15, -0.1) is 23.6 Å². The number of aromatic amines is 1. The number of H-pyrrole nitrogens is 1. The minimum absolute atomic E-state index is 0.118. The van der Waals surface area contributed by atoms with E-state index in [9.17, 15) is 13.2 Å². The largest absolute Gasteiger partial charge is 0.470 e. The van der Waals surface area contributed by atoms with E-state index in [4.69, 9.17) is 4.42 Å². The predicted molar refractivity (Wildman–Crippen MR) is 108 cm³/mol. The van der Waals surface area contributed by atoms with E-state index in [1.54, 1.807) is 15.7 Å². The Balaban J connectivity index is 1.64. The molecule has 0 aliphatic carbocycles. The molecule has 0 radical (unpaired) electrons. The van der Waals surface area contributed by atoms with Crippen molar-refractivity contribution in [1.82, 2.24) is 29.8 Å². The first kappa shape index (κ1) is 19.5. The maximum atomic E-state index is 13.0. The minimum Gasteiger partial charge on any atom is -0.399 e. The summed E-state index contributed by atoms with van der Waals surface area (Å²) >= 11 is 0. The summed E-state index contributed by atoms with van der Waals surface area (Å²) in [7, 11) is 5.44. The molecule has 0 amide bonds. The molecule has 1 aliphatic rings. The van der Waals surface area contributed by atoms with Crippen LogP contribution in [0.5, 0.6) is 0 Å². The van der Waals surface area contributed by atoms with Gasteiger partial charge in [0.05, 0.1) is 23.2 Å². The van der Waals surface area contributed by atoms with E-state index < -0.39 is 18.1 Å². The van der Waals surface area contributed by atoms with Crippen molar-refractivity contribution in [1.29, 1.82) is 0 Å². The second-order valence-corrected chi connectivity index (χ2v) is 9.09. The fourth-order valence-corrected chi connectivity index (χ4v) is 4.26. The summed E-state index contributed by atoms with van der Waals surface area (Å²) in [5.74, 6) is -1.38. The normalized spacial score (nSPS) is 17.1. The van der Waals surface area contributed by atoms with Gasteiger partial charge in [-0.05, 0) is 17.7 Å². The number of nitrogens with one attached hydrogen (secondary N) is 1. The van der Waals surface area contributed by atoms with Gasteiger partial charge in [0.25, 0.3) is 0 Å². The molecule has 1 aliphatic heterocycles. The van der Waals surface area contributed by atoms with Crippen molar-refractivity contribution in [3.63, 3.8) is 0 Å². The first-order valence-corrected chi connectivity index (χ1v) is 10.3. The van der Waals surface area contributed by atoms with E-state index in [0.29, 0.717) is 24.4 Å². The first-order valence-electron chi connectivity index (χ1n) is 9.02. The monoisotopic (exact) mass is 453 g/mol. The summed E-state index contributed by atoms with van der Waals surface area (Å²) in [6.07, 6.45) is -0.766. The van der Waals surface area contributed by atoms with Crippen LogP contribution in [0.4, 0.5) is 19.2 Å². The Hall–Kier alpha value is -2.51. The van der Waals surface area contributed by atoms with Crippen LogP contribution in [-0.2, 0) is 12.6 Å². The lowest BCUT2D eigenvalue weighted by molar-refractivity contribution is -0.157. The SMILES string of the molecule is FC(F)(F)c1nnc(N2CCc3[nH]cnc3[C@H]2c2cc3c(C(P)P)cccn3n2)o1. The van der Waals surface area contributed by atoms with Crippen molar-refractivity contribution in [2.75, 3.05) is 11.4 Å². The summed E-state index contributed by atoms with van der Waals surface area (Å²) in [6, 6.07) is 5.03. The molecule has 13 heteroatoms. The van der Waals surface area contributed by atoms with Crippen molar-refractivity contribution in [2.24, 2.45) is 0 Å². The van der Waals surface area contributed by atoms with Crippen LogP contribution in [0.25, 0.3) is 5.52 Å². The molecule has 5 heterocycles. The topological polar surface area (TPSA) is 88.1 Å². The number of aromatic nitrogens is 6. The molecule has 4 aromatic heterocycles. The molecule has 5 rings (SSSR count). The molecule has 3 atom stereocenters. The highest BCUT2D eigenvalue weighted by molar-refractivity contribution is 7.37. The van der Waals surface area contributed by atoms with Gasteiger partial charge in [0.1, 0.15) is 6.04 Å². The lowest BCUT2D eigenvalue weighted by Crippen LogP contribution is -2.37. The molecule has 0 aromatic carbocycles. The number of imidazole rings is 1. The van der Waals surface area contributed by atoms with Crippen LogP contribution < -0.4 is 4.90 Å². The van der Waals surface area contributed by atoms with Gasteiger partial charge in [-0.25, -0.2) is 9.50 Å². The number of fused-ring (bicyclic) bond motifs is 2. The standard InChI is InChI=1S/C17H16F3N7OP2/c18-17(19,20)15-23-24-16(28-15)26-5-3-9-12(22-7-21-9)13(26)10-6-11-8(14(29)30)2-1-4-27(11)25-10/h1-2,4,6-7,13-14H,3,5,29-30H2,(H,21,22)/t13-/m1/s1. The number of alkyl halides is 3. The van der Waals surface area contributed by atoms with Crippen LogP contribution >= 0.6 is 18.5 Å². The lowest BCUT2D eigenvalue weighted by atomic mass is 10.00. The number of hydrogen-bond acceptors (Lipinski definition) is 6. The highest BCUT2D eigenvalue weighted by atomic mass is 31.1. The number of pyridine rings is 1. The molecule has 1 N–H and O–H groups in total. The van der Waals surface area contributed by atoms with Gasteiger partial charge in [-0.1, -0.05) is 11.2 Å². The van der Waals surface area contributed by atoms with E-state index in [1.165, 1.54) is 0 Å². The quantitative estimate of drug-likeness (QED) is 0.479. The molecule has 4 aromatic rings. The summed E-state index contributed by atoms with van der Waals surface area (Å²) in [6.45, 7) is 0.371. The van der Waals surface area contributed by atoms with E-state index in [0.717, 1.165) is 16.8 Å². The number of hydrogen-bond donors (Lipinski definition) is 1. The summed E-state index contributed by atoms with van der Waals surface area (Å²) in [4.78, 5) is 9.12. The van der Waals surface area contributed by atoms with Crippen molar-refractivity contribution in [3.05, 3.63) is 59.3 Å². The zero-order chi connectivity index (χ0) is 21.0. The van der Waals surface area contributed by atoms with E-state index >= 15 is 0 Å². The van der Waals surface area contributed by atoms with Gasteiger partial charge < -0.3 is 14.3 Å². The number of anilines is 1. The van der Waals surface area contributed by atoms with Crippen LogP contribution in [0.2, 0.25) is 0 Å². The zero-order valence-electron chi connectivity index (χ0n) is 15.3. The van der Waals surface area contributed by atoms with Gasteiger partial charge in [0.15, 0.2) is 0 Å². The highest BCUT2D eigenvalue weighted by Crippen LogP contribution is 2.39. The molecule has 156 valence electrons. The average molecular weight is 453 g/mol. The minimum atomic E-state index is -4.71. The van der Waals surface area contributed by atoms with Crippen molar-refractivity contribution in [2.45, 2.75) is 24.0 Å². The maximum absolute atomic E-state index is 13.0. The average Bonchev–Trinajstić information content (AvgIpc) is 3.43. The van der Waals surface area contributed by atoms with Gasteiger partial charge in [0, 0.05) is 30.3 Å². The Morgan fingerprint density at radius 2 is 2.10 bits per heavy atom. The molecule has 0 fully saturated rings. The second kappa shape index (κ2) is 7.03. The lowest BCUT2D eigenvalue weighted by Gasteiger charge is -2.32. The molecule has 0 bridgehead atoms. The first-order chi connectivity index (χ1) is 14.3. The van der Waals surface area contributed by atoms with Gasteiger partial charge in [-0.2, -0.15) is 18.3 Å². The molecular weight excluding hydrogens is 437 g/mol. The third kappa shape index (κ3) is 3.17. The molecular formula is C17H16F3N7OP2. The third-order valence-electron chi connectivity index (χ3n) is 5.02. The Labute approximate surface area is 172 Å². The van der Waals surface area contributed by atoms with Crippen LogP contribution in [0.15, 0.2) is 35.1 Å². The van der Waals surface area contributed by atoms with Crippen LogP contribution in [0.1, 0.15) is 40.0 Å². The summed E-state index contributed by atoms with van der Waals surface area (Å²) in [5, 5.41) is 11.6. The smallest absolute Gasteiger partial charge is 0.399 e. The molecule has 0 spiro atoms. The van der Waals surface area contributed by atoms with Crippen LogP contribution in [-0.4, -0.2) is 36.3 Å². The van der Waals surface area contributed by atoms with Crippen molar-refractivity contribution >= 4 is 30.0 Å². The Bertz CT molecular complexity index is 1220. The molecule has 0 saturated heterocycles. The number of halogens is 3. The Morgan fingerprint density at radius 3 is 2.83 bits per heavy atom.